The molecule has 3 unspecified atom stereocenters. The van der Waals surface area contributed by atoms with Crippen molar-refractivity contribution < 1.29 is 27.8 Å². The molecule has 0 amide bonds. The standard InChI is InChI=1S/C20H16O6S/c1-11-17-14(9-10-25-17)13-7-8-15(16(20(21)22)18(13)26-11)19(27(23)24)12-5-3-2-4-6-12/h2-11,19H,1H3,(H,21,22)(H,23,24). The highest BCUT2D eigenvalue weighted by molar-refractivity contribution is 7.79. The van der Waals surface area contributed by atoms with E-state index < -0.39 is 28.4 Å². The van der Waals surface area contributed by atoms with Gasteiger partial charge < -0.3 is 18.8 Å². The summed E-state index contributed by atoms with van der Waals surface area (Å²) >= 11 is -2.32. The van der Waals surface area contributed by atoms with Crippen molar-refractivity contribution in [3.05, 3.63) is 77.2 Å². The zero-order valence-electron chi connectivity index (χ0n) is 14.3. The van der Waals surface area contributed by atoms with E-state index in [0.29, 0.717) is 16.9 Å². The maximum atomic E-state index is 12.1. The van der Waals surface area contributed by atoms with Crippen LogP contribution in [0.15, 0.2) is 59.2 Å². The number of hydrogen-bond donors (Lipinski definition) is 2. The van der Waals surface area contributed by atoms with E-state index in [0.717, 1.165) is 5.56 Å². The molecular weight excluding hydrogens is 368 g/mol. The molecule has 3 aromatic rings. The van der Waals surface area contributed by atoms with Crippen molar-refractivity contribution in [2.24, 2.45) is 0 Å². The molecule has 0 saturated carbocycles. The van der Waals surface area contributed by atoms with Crippen LogP contribution >= 0.6 is 0 Å². The molecule has 0 saturated heterocycles. The molecule has 4 rings (SSSR count). The van der Waals surface area contributed by atoms with Gasteiger partial charge in [-0.15, -0.1) is 0 Å². The number of carboxylic acid groups (broad SMARTS) is 1. The molecule has 2 heterocycles. The summed E-state index contributed by atoms with van der Waals surface area (Å²) in [5.74, 6) is -0.405. The van der Waals surface area contributed by atoms with Crippen molar-refractivity contribution in [1.29, 1.82) is 0 Å². The summed E-state index contributed by atoms with van der Waals surface area (Å²) in [4.78, 5) is 12.1. The molecule has 0 radical (unpaired) electrons. The lowest BCUT2D eigenvalue weighted by Crippen LogP contribution is -2.18. The first-order valence-corrected chi connectivity index (χ1v) is 9.45. The molecule has 3 atom stereocenters. The maximum Gasteiger partial charge on any atom is 0.339 e. The first-order valence-electron chi connectivity index (χ1n) is 8.28. The van der Waals surface area contributed by atoms with E-state index in [9.17, 15) is 18.7 Å². The molecule has 0 spiro atoms. The van der Waals surface area contributed by atoms with Crippen molar-refractivity contribution in [2.75, 3.05) is 0 Å². The molecule has 138 valence electrons. The number of carboxylic acids is 1. The second-order valence-electron chi connectivity index (χ2n) is 6.24. The Morgan fingerprint density at radius 1 is 1.11 bits per heavy atom. The third-order valence-electron chi connectivity index (χ3n) is 4.64. The molecule has 7 heteroatoms. The number of benzene rings is 2. The number of ether oxygens (including phenoxy) is 1. The fraction of sp³-hybridized carbons (Fsp3) is 0.150. The second-order valence-corrected chi connectivity index (χ2v) is 7.26. The highest BCUT2D eigenvalue weighted by atomic mass is 32.2. The smallest absolute Gasteiger partial charge is 0.339 e. The van der Waals surface area contributed by atoms with Crippen LogP contribution in [-0.2, 0) is 11.1 Å². The Labute approximate surface area is 157 Å². The van der Waals surface area contributed by atoms with Crippen LogP contribution in [0.25, 0.3) is 11.1 Å². The molecule has 27 heavy (non-hydrogen) atoms. The molecule has 0 fully saturated rings. The fourth-order valence-electron chi connectivity index (χ4n) is 3.49. The van der Waals surface area contributed by atoms with Gasteiger partial charge in [-0.3, -0.25) is 0 Å². The molecule has 0 aliphatic carbocycles. The largest absolute Gasteiger partial charge is 0.481 e. The van der Waals surface area contributed by atoms with E-state index >= 15 is 0 Å². The van der Waals surface area contributed by atoms with E-state index in [1.165, 1.54) is 6.26 Å². The van der Waals surface area contributed by atoms with Crippen molar-refractivity contribution in [3.63, 3.8) is 0 Å². The van der Waals surface area contributed by atoms with Gasteiger partial charge in [0.25, 0.3) is 0 Å². The minimum absolute atomic E-state index is 0.109. The molecular formula is C20H16O6S. The Hall–Kier alpha value is -2.90. The first-order chi connectivity index (χ1) is 13.0. The normalized spacial score (nSPS) is 17.3. The lowest BCUT2D eigenvalue weighted by molar-refractivity contribution is 0.0687. The van der Waals surface area contributed by atoms with Crippen molar-refractivity contribution in [3.8, 4) is 16.9 Å². The lowest BCUT2D eigenvalue weighted by atomic mass is 9.91. The summed E-state index contributed by atoms with van der Waals surface area (Å²) in [7, 11) is 0. The first kappa shape index (κ1) is 17.5. The highest BCUT2D eigenvalue weighted by Gasteiger charge is 2.34. The van der Waals surface area contributed by atoms with Crippen molar-refractivity contribution >= 4 is 17.0 Å². The van der Waals surface area contributed by atoms with Crippen molar-refractivity contribution in [2.45, 2.75) is 18.3 Å². The van der Waals surface area contributed by atoms with Gasteiger partial charge >= 0.3 is 5.97 Å². The van der Waals surface area contributed by atoms with Crippen LogP contribution in [0.4, 0.5) is 0 Å². The van der Waals surface area contributed by atoms with Crippen molar-refractivity contribution in [1.82, 2.24) is 0 Å². The third-order valence-corrected chi connectivity index (χ3v) is 5.57. The summed E-state index contributed by atoms with van der Waals surface area (Å²) in [5.41, 5.74) is 2.02. The average molecular weight is 384 g/mol. The summed E-state index contributed by atoms with van der Waals surface area (Å²) in [6.45, 7) is 1.77. The number of carbonyl (C=O) groups is 1. The number of hydrogen-bond acceptors (Lipinski definition) is 4. The molecule has 2 aromatic carbocycles. The minimum atomic E-state index is -2.32. The summed E-state index contributed by atoms with van der Waals surface area (Å²) in [6, 6.07) is 13.7. The Bertz CT molecular complexity index is 1040. The Kier molecular flexibility index (Phi) is 4.33. The Morgan fingerprint density at radius 2 is 1.85 bits per heavy atom. The fourth-order valence-corrected chi connectivity index (χ4v) is 4.30. The van der Waals surface area contributed by atoms with Gasteiger partial charge in [0.15, 0.2) is 22.9 Å². The van der Waals surface area contributed by atoms with E-state index in [-0.39, 0.29) is 16.9 Å². The minimum Gasteiger partial charge on any atom is -0.481 e. The van der Waals surface area contributed by atoms with E-state index in [1.807, 2.05) is 0 Å². The van der Waals surface area contributed by atoms with Gasteiger partial charge in [-0.05, 0) is 24.1 Å². The summed E-state index contributed by atoms with van der Waals surface area (Å²) in [5, 5.41) is 8.89. The maximum absolute atomic E-state index is 12.1. The number of rotatable bonds is 4. The Balaban J connectivity index is 1.97. The summed E-state index contributed by atoms with van der Waals surface area (Å²) in [6.07, 6.45) is 1.06. The van der Waals surface area contributed by atoms with Gasteiger partial charge in [-0.2, -0.15) is 0 Å². The molecule has 6 nitrogen and oxygen atoms in total. The topological polar surface area (TPSA) is 97.0 Å². The molecule has 0 bridgehead atoms. The second kappa shape index (κ2) is 6.68. The van der Waals surface area contributed by atoms with E-state index in [1.54, 1.807) is 55.5 Å². The summed E-state index contributed by atoms with van der Waals surface area (Å²) < 4.78 is 33.4. The van der Waals surface area contributed by atoms with Gasteiger partial charge in [0.05, 0.1) is 6.26 Å². The van der Waals surface area contributed by atoms with Crippen LogP contribution in [-0.4, -0.2) is 19.8 Å². The molecule has 2 N–H and O–H groups in total. The van der Waals surface area contributed by atoms with Crippen LogP contribution in [0, 0.1) is 0 Å². The zero-order chi connectivity index (χ0) is 19.1. The highest BCUT2D eigenvalue weighted by Crippen LogP contribution is 2.47. The van der Waals surface area contributed by atoms with E-state index in [2.05, 4.69) is 0 Å². The monoisotopic (exact) mass is 384 g/mol. The van der Waals surface area contributed by atoms with Gasteiger partial charge in [-0.1, -0.05) is 42.5 Å². The molecule has 1 aliphatic heterocycles. The van der Waals surface area contributed by atoms with Crippen LogP contribution in [0.3, 0.4) is 0 Å². The molecule has 1 aromatic heterocycles. The number of aromatic carboxylic acids is 1. The van der Waals surface area contributed by atoms with Crippen LogP contribution < -0.4 is 4.74 Å². The van der Waals surface area contributed by atoms with Crippen LogP contribution in [0.2, 0.25) is 0 Å². The third kappa shape index (κ3) is 2.85. The van der Waals surface area contributed by atoms with Gasteiger partial charge in [0, 0.05) is 11.1 Å². The van der Waals surface area contributed by atoms with Crippen LogP contribution in [0.5, 0.6) is 5.75 Å². The Morgan fingerprint density at radius 3 is 2.52 bits per heavy atom. The lowest BCUT2D eigenvalue weighted by Gasteiger charge is -2.26. The SMILES string of the molecule is CC1Oc2c(ccc(C(c3ccccc3)S(=O)O)c2C(=O)O)-c2ccoc21. The van der Waals surface area contributed by atoms with Gasteiger partial charge in [0.1, 0.15) is 16.6 Å². The zero-order valence-corrected chi connectivity index (χ0v) is 15.1. The predicted molar refractivity (Wildman–Crippen MR) is 99.2 cm³/mol. The average Bonchev–Trinajstić information content (AvgIpc) is 3.12. The molecule has 1 aliphatic rings. The quantitative estimate of drug-likeness (QED) is 0.647. The van der Waals surface area contributed by atoms with Gasteiger partial charge in [-0.25, -0.2) is 9.00 Å². The number of fused-ring (bicyclic) bond motifs is 3. The van der Waals surface area contributed by atoms with Gasteiger partial charge in [0.2, 0.25) is 0 Å². The number of furan rings is 1. The van der Waals surface area contributed by atoms with Crippen LogP contribution in [0.1, 0.15) is 45.5 Å². The predicted octanol–water partition coefficient (Wildman–Crippen LogP) is 4.41. The van der Waals surface area contributed by atoms with E-state index in [4.69, 9.17) is 9.15 Å².